The maximum atomic E-state index is 13.1. The third-order valence-electron chi connectivity index (χ3n) is 6.66. The maximum Gasteiger partial charge on any atom is 0.243 e. The van der Waals surface area contributed by atoms with Crippen LogP contribution in [0.1, 0.15) is 42.4 Å². The number of fused-ring (bicyclic) bond motifs is 1. The van der Waals surface area contributed by atoms with Crippen molar-refractivity contribution in [3.05, 3.63) is 53.1 Å². The van der Waals surface area contributed by atoms with Crippen LogP contribution >= 0.6 is 11.8 Å². The summed E-state index contributed by atoms with van der Waals surface area (Å²) >= 11 is 1.71. The van der Waals surface area contributed by atoms with E-state index < -0.39 is 10.0 Å². The number of aryl methyl sites for hydroxylation is 2. The van der Waals surface area contributed by atoms with Crippen molar-refractivity contribution in [2.24, 2.45) is 0 Å². The van der Waals surface area contributed by atoms with Crippen LogP contribution in [0, 0.1) is 13.8 Å². The van der Waals surface area contributed by atoms with Gasteiger partial charge in [0.2, 0.25) is 10.0 Å². The molecule has 0 saturated carbocycles. The highest BCUT2D eigenvalue weighted by atomic mass is 32.2. The summed E-state index contributed by atoms with van der Waals surface area (Å²) in [4.78, 5) is 5.25. The van der Waals surface area contributed by atoms with Crippen LogP contribution in [0.15, 0.2) is 46.5 Å². The molecule has 2 aromatic carbocycles. The number of thioether (sulfide) groups is 1. The summed E-state index contributed by atoms with van der Waals surface area (Å²) < 4.78 is 35.9. The molecule has 3 aromatic rings. The van der Waals surface area contributed by atoms with E-state index in [-0.39, 0.29) is 6.10 Å². The summed E-state index contributed by atoms with van der Waals surface area (Å²) in [7, 11) is -3.47. The Labute approximate surface area is 200 Å². The van der Waals surface area contributed by atoms with Gasteiger partial charge in [-0.15, -0.1) is 0 Å². The Morgan fingerprint density at radius 1 is 1.09 bits per heavy atom. The lowest BCUT2D eigenvalue weighted by atomic mass is 10.1. The molecular formula is C25H31N3O3S2. The zero-order valence-electron chi connectivity index (χ0n) is 19.3. The van der Waals surface area contributed by atoms with Gasteiger partial charge in [0, 0.05) is 25.4 Å². The van der Waals surface area contributed by atoms with Gasteiger partial charge in [0.05, 0.1) is 28.6 Å². The third-order valence-corrected chi connectivity index (χ3v) is 9.58. The molecule has 0 amide bonds. The smallest absolute Gasteiger partial charge is 0.243 e. The molecule has 3 heterocycles. The molecule has 0 aliphatic carbocycles. The first-order valence-electron chi connectivity index (χ1n) is 11.7. The molecule has 2 aliphatic rings. The number of rotatable bonds is 7. The van der Waals surface area contributed by atoms with Crippen LogP contribution in [0.4, 0.5) is 0 Å². The molecule has 5 rings (SSSR count). The number of nitrogens with zero attached hydrogens (tertiary/aromatic N) is 3. The van der Waals surface area contributed by atoms with Gasteiger partial charge in [-0.05, 0) is 68.9 Å². The summed E-state index contributed by atoms with van der Waals surface area (Å²) in [6.45, 7) is 7.00. The van der Waals surface area contributed by atoms with Crippen LogP contribution in [0.25, 0.3) is 11.0 Å². The Kier molecular flexibility index (Phi) is 6.53. The van der Waals surface area contributed by atoms with Crippen molar-refractivity contribution in [2.45, 2.75) is 68.0 Å². The Balaban J connectivity index is 1.49. The van der Waals surface area contributed by atoms with Gasteiger partial charge in [-0.1, -0.05) is 35.5 Å². The minimum absolute atomic E-state index is 0.176. The first-order valence-corrected chi connectivity index (χ1v) is 14.2. The van der Waals surface area contributed by atoms with Crippen molar-refractivity contribution in [1.29, 1.82) is 0 Å². The highest BCUT2D eigenvalue weighted by molar-refractivity contribution is 7.98. The number of ether oxygens (including phenoxy) is 1. The number of hydrogen-bond donors (Lipinski definition) is 0. The lowest BCUT2D eigenvalue weighted by Gasteiger charge is -2.16. The molecule has 0 spiro atoms. The summed E-state index contributed by atoms with van der Waals surface area (Å²) in [6.07, 6.45) is 4.16. The van der Waals surface area contributed by atoms with Gasteiger partial charge in [-0.2, -0.15) is 4.31 Å². The molecule has 2 aliphatic heterocycles. The summed E-state index contributed by atoms with van der Waals surface area (Å²) in [5.41, 5.74) is 5.52. The monoisotopic (exact) mass is 485 g/mol. The Bertz CT molecular complexity index is 1260. The molecule has 8 heteroatoms. The van der Waals surface area contributed by atoms with Gasteiger partial charge in [0.15, 0.2) is 5.16 Å². The number of sulfonamides is 1. The Hall–Kier alpha value is -1.87. The van der Waals surface area contributed by atoms with Crippen molar-refractivity contribution in [2.75, 3.05) is 19.7 Å². The van der Waals surface area contributed by atoms with Gasteiger partial charge >= 0.3 is 0 Å². The maximum absolute atomic E-state index is 13.1. The fraction of sp³-hybridized carbons (Fsp3) is 0.480. The van der Waals surface area contributed by atoms with Crippen LogP contribution in [0.3, 0.4) is 0 Å². The van der Waals surface area contributed by atoms with Crippen LogP contribution < -0.4 is 0 Å². The highest BCUT2D eigenvalue weighted by Crippen LogP contribution is 2.32. The van der Waals surface area contributed by atoms with Gasteiger partial charge in [0.25, 0.3) is 0 Å². The van der Waals surface area contributed by atoms with Crippen molar-refractivity contribution >= 4 is 32.8 Å². The minimum Gasteiger partial charge on any atom is -0.376 e. The predicted molar refractivity (Wildman–Crippen MR) is 132 cm³/mol. The topological polar surface area (TPSA) is 64.4 Å². The van der Waals surface area contributed by atoms with E-state index in [0.29, 0.717) is 18.0 Å². The first kappa shape index (κ1) is 22.9. The van der Waals surface area contributed by atoms with E-state index in [1.165, 1.54) is 16.7 Å². The standard InChI is InChI=1S/C25H31N3O3S2/c1-18-7-8-19(2)20(14-18)17-32-25-26-23-15-22(33(29,30)27-11-3-4-12-27)9-10-24(23)28(25)16-21-6-5-13-31-21/h7-10,14-15,21H,3-6,11-13,16-17H2,1-2H3. The second-order valence-electron chi connectivity index (χ2n) is 9.12. The summed E-state index contributed by atoms with van der Waals surface area (Å²) in [5.74, 6) is 0.821. The average Bonchev–Trinajstić information content (AvgIpc) is 3.56. The van der Waals surface area contributed by atoms with Crippen molar-refractivity contribution in [1.82, 2.24) is 13.9 Å². The molecule has 0 N–H and O–H groups in total. The summed E-state index contributed by atoms with van der Waals surface area (Å²) in [5, 5.41) is 0.914. The van der Waals surface area contributed by atoms with E-state index in [2.05, 4.69) is 36.6 Å². The molecule has 33 heavy (non-hydrogen) atoms. The van der Waals surface area contributed by atoms with E-state index >= 15 is 0 Å². The Morgan fingerprint density at radius 3 is 2.67 bits per heavy atom. The van der Waals surface area contributed by atoms with Crippen molar-refractivity contribution in [3.63, 3.8) is 0 Å². The van der Waals surface area contributed by atoms with E-state index in [0.717, 1.165) is 60.8 Å². The average molecular weight is 486 g/mol. The van der Waals surface area contributed by atoms with Crippen LogP contribution in [0.2, 0.25) is 0 Å². The SMILES string of the molecule is Cc1ccc(C)c(CSc2nc3cc(S(=O)(=O)N4CCCC4)ccc3n2CC2CCCO2)c1. The predicted octanol–water partition coefficient (Wildman–Crippen LogP) is 4.91. The van der Waals surface area contributed by atoms with Crippen LogP contribution in [-0.2, 0) is 27.1 Å². The number of hydrogen-bond acceptors (Lipinski definition) is 5. The molecule has 1 unspecified atom stereocenters. The minimum atomic E-state index is -3.47. The van der Waals surface area contributed by atoms with E-state index in [4.69, 9.17) is 9.72 Å². The summed E-state index contributed by atoms with van der Waals surface area (Å²) in [6, 6.07) is 11.9. The lowest BCUT2D eigenvalue weighted by molar-refractivity contribution is 0.0960. The van der Waals surface area contributed by atoms with Gasteiger partial charge in [-0.3, -0.25) is 0 Å². The van der Waals surface area contributed by atoms with Gasteiger partial charge < -0.3 is 9.30 Å². The Morgan fingerprint density at radius 2 is 1.91 bits per heavy atom. The molecular weight excluding hydrogens is 454 g/mol. The molecule has 176 valence electrons. The van der Waals surface area contributed by atoms with Crippen LogP contribution in [0.5, 0.6) is 0 Å². The third kappa shape index (κ3) is 4.71. The lowest BCUT2D eigenvalue weighted by Crippen LogP contribution is -2.27. The van der Waals surface area contributed by atoms with Crippen molar-refractivity contribution in [3.8, 4) is 0 Å². The molecule has 2 fully saturated rings. The van der Waals surface area contributed by atoms with E-state index in [9.17, 15) is 8.42 Å². The number of benzene rings is 2. The molecule has 1 aromatic heterocycles. The first-order chi connectivity index (χ1) is 15.9. The van der Waals surface area contributed by atoms with Crippen LogP contribution in [-0.4, -0.2) is 48.1 Å². The molecule has 0 bridgehead atoms. The molecule has 0 radical (unpaired) electrons. The molecule has 1 atom stereocenters. The van der Waals surface area contributed by atoms with Gasteiger partial charge in [-0.25, -0.2) is 13.4 Å². The zero-order valence-corrected chi connectivity index (χ0v) is 20.9. The largest absolute Gasteiger partial charge is 0.376 e. The zero-order chi connectivity index (χ0) is 23.0. The fourth-order valence-electron chi connectivity index (χ4n) is 4.70. The molecule has 2 saturated heterocycles. The second-order valence-corrected chi connectivity index (χ2v) is 12.0. The normalized spacial score (nSPS) is 19.6. The second kappa shape index (κ2) is 9.41. The van der Waals surface area contributed by atoms with Gasteiger partial charge in [0.1, 0.15) is 0 Å². The number of aromatic nitrogens is 2. The van der Waals surface area contributed by atoms with E-state index in [1.807, 2.05) is 6.07 Å². The van der Waals surface area contributed by atoms with Crippen molar-refractivity contribution < 1.29 is 13.2 Å². The van der Waals surface area contributed by atoms with E-state index in [1.54, 1.807) is 28.2 Å². The molecule has 6 nitrogen and oxygen atoms in total. The highest BCUT2D eigenvalue weighted by Gasteiger charge is 2.28. The fourth-order valence-corrected chi connectivity index (χ4v) is 7.33. The number of imidazole rings is 1. The quantitative estimate of drug-likeness (QED) is 0.445.